The number of nitrogens with one attached hydrogen (secondary N) is 1. The lowest BCUT2D eigenvalue weighted by atomic mass is 10.0. The van der Waals surface area contributed by atoms with Crippen molar-refractivity contribution >= 4 is 29.5 Å². The van der Waals surface area contributed by atoms with Crippen LogP contribution < -0.4 is 5.32 Å². The van der Waals surface area contributed by atoms with Gasteiger partial charge in [-0.25, -0.2) is 4.79 Å². The van der Waals surface area contributed by atoms with E-state index in [1.807, 2.05) is 0 Å². The topological polar surface area (TPSA) is 112 Å². The average Bonchev–Trinajstić information content (AvgIpc) is 3.20. The molecule has 2 rings (SSSR count). The maximum atomic E-state index is 12.2. The van der Waals surface area contributed by atoms with Gasteiger partial charge in [0.2, 0.25) is 5.88 Å². The molecule has 0 bridgehead atoms. The number of hydrogen-bond donors (Lipinski definition) is 1. The summed E-state index contributed by atoms with van der Waals surface area (Å²) in [5.74, 6) is -1.92. The van der Waals surface area contributed by atoms with E-state index in [-0.39, 0.29) is 35.2 Å². The second kappa shape index (κ2) is 9.34. The first-order valence-corrected chi connectivity index (χ1v) is 9.10. The molecule has 1 saturated carbocycles. The van der Waals surface area contributed by atoms with Gasteiger partial charge in [0.1, 0.15) is 11.3 Å². The van der Waals surface area contributed by atoms with Gasteiger partial charge < -0.3 is 13.9 Å². The number of carbonyl (C=O) groups is 4. The zero-order chi connectivity index (χ0) is 20.0. The van der Waals surface area contributed by atoms with Gasteiger partial charge in [-0.05, 0) is 39.5 Å². The number of hydrogen-bond acceptors (Lipinski definition) is 7. The third-order valence-corrected chi connectivity index (χ3v) is 4.46. The molecule has 1 amide bonds. The summed E-state index contributed by atoms with van der Waals surface area (Å²) < 4.78 is 15.3. The zero-order valence-electron chi connectivity index (χ0n) is 15.9. The number of ketones is 1. The monoisotopic (exact) mass is 379 g/mol. The Morgan fingerprint density at radius 3 is 2.37 bits per heavy atom. The largest absolute Gasteiger partial charge is 0.462 e. The highest BCUT2D eigenvalue weighted by Crippen LogP contribution is 2.29. The van der Waals surface area contributed by atoms with E-state index < -0.39 is 24.5 Å². The second-order valence-corrected chi connectivity index (χ2v) is 6.58. The Labute approximate surface area is 157 Å². The number of carbonyl (C=O) groups excluding carboxylic acids is 4. The molecule has 148 valence electrons. The van der Waals surface area contributed by atoms with Crippen molar-refractivity contribution in [1.29, 1.82) is 0 Å². The van der Waals surface area contributed by atoms with Crippen LogP contribution in [0.2, 0.25) is 0 Å². The summed E-state index contributed by atoms with van der Waals surface area (Å²) in [6.07, 6.45) is 4.54. The van der Waals surface area contributed by atoms with Gasteiger partial charge in [-0.1, -0.05) is 12.8 Å². The van der Waals surface area contributed by atoms with E-state index in [0.29, 0.717) is 12.3 Å². The van der Waals surface area contributed by atoms with E-state index in [4.69, 9.17) is 13.9 Å². The van der Waals surface area contributed by atoms with Crippen molar-refractivity contribution < 1.29 is 33.1 Å². The van der Waals surface area contributed by atoms with E-state index in [0.717, 1.165) is 25.7 Å². The van der Waals surface area contributed by atoms with Crippen molar-refractivity contribution in [2.24, 2.45) is 5.92 Å². The minimum absolute atomic E-state index is 0.0574. The van der Waals surface area contributed by atoms with Crippen LogP contribution in [0.5, 0.6) is 0 Å². The molecule has 1 fully saturated rings. The van der Waals surface area contributed by atoms with E-state index in [1.54, 1.807) is 6.92 Å². The number of ether oxygens (including phenoxy) is 2. The molecule has 1 N–H and O–H groups in total. The average molecular weight is 379 g/mol. The Kier molecular flexibility index (Phi) is 7.15. The van der Waals surface area contributed by atoms with Gasteiger partial charge in [-0.3, -0.25) is 19.7 Å². The normalized spacial score (nSPS) is 14.0. The van der Waals surface area contributed by atoms with Crippen LogP contribution in [0.1, 0.15) is 72.4 Å². The molecule has 0 unspecified atom stereocenters. The van der Waals surface area contributed by atoms with Crippen LogP contribution in [0.15, 0.2) is 4.42 Å². The highest BCUT2D eigenvalue weighted by Gasteiger charge is 2.29. The quantitative estimate of drug-likeness (QED) is 0.546. The number of esters is 2. The third-order valence-electron chi connectivity index (χ3n) is 4.46. The lowest BCUT2D eigenvalue weighted by molar-refractivity contribution is -0.148. The standard InChI is InChI=1S/C19H25NO7/c1-4-25-19(24)17-16(11(2)21)12(3)27-18(17)20-14(22)10-26-15(23)9-13-7-5-6-8-13/h13H,4-10H2,1-3H3,(H,20,22). The molecular formula is C19H25NO7. The van der Waals surface area contributed by atoms with Crippen LogP contribution in [0.25, 0.3) is 0 Å². The summed E-state index contributed by atoms with van der Waals surface area (Å²) in [7, 11) is 0. The molecule has 0 atom stereocenters. The van der Waals surface area contributed by atoms with Crippen molar-refractivity contribution in [3.8, 4) is 0 Å². The molecule has 1 aromatic rings. The van der Waals surface area contributed by atoms with Crippen molar-refractivity contribution in [2.75, 3.05) is 18.5 Å². The smallest absolute Gasteiger partial charge is 0.344 e. The number of amides is 1. The first-order valence-electron chi connectivity index (χ1n) is 9.10. The van der Waals surface area contributed by atoms with E-state index in [1.165, 1.54) is 13.8 Å². The number of Topliss-reactive ketones (excluding diaryl/α,β-unsaturated/α-hetero) is 1. The fraction of sp³-hybridized carbons (Fsp3) is 0.579. The predicted molar refractivity (Wildman–Crippen MR) is 95.6 cm³/mol. The summed E-state index contributed by atoms with van der Waals surface area (Å²) in [4.78, 5) is 47.9. The SMILES string of the molecule is CCOC(=O)c1c(NC(=O)COC(=O)CC2CCCC2)oc(C)c1C(C)=O. The van der Waals surface area contributed by atoms with Crippen molar-refractivity contribution in [2.45, 2.75) is 52.9 Å². The maximum absolute atomic E-state index is 12.2. The van der Waals surface area contributed by atoms with E-state index in [2.05, 4.69) is 5.32 Å². The third kappa shape index (κ3) is 5.42. The molecule has 0 aliphatic heterocycles. The van der Waals surface area contributed by atoms with Gasteiger partial charge in [-0.2, -0.15) is 0 Å². The van der Waals surface area contributed by atoms with Gasteiger partial charge in [0, 0.05) is 6.42 Å². The minimum atomic E-state index is -0.770. The molecule has 0 spiro atoms. The van der Waals surface area contributed by atoms with E-state index in [9.17, 15) is 19.2 Å². The zero-order valence-corrected chi connectivity index (χ0v) is 15.9. The van der Waals surface area contributed by atoms with Crippen molar-refractivity contribution in [3.63, 3.8) is 0 Å². The summed E-state index contributed by atoms with van der Waals surface area (Å²) in [5.41, 5.74) is -0.0746. The van der Waals surface area contributed by atoms with Crippen LogP contribution in [0.4, 0.5) is 5.88 Å². The molecule has 1 heterocycles. The van der Waals surface area contributed by atoms with Gasteiger partial charge >= 0.3 is 11.9 Å². The Morgan fingerprint density at radius 2 is 1.78 bits per heavy atom. The number of anilines is 1. The molecule has 0 aromatic carbocycles. The van der Waals surface area contributed by atoms with Crippen LogP contribution >= 0.6 is 0 Å². The van der Waals surface area contributed by atoms with Crippen molar-refractivity contribution in [3.05, 3.63) is 16.9 Å². The summed E-state index contributed by atoms with van der Waals surface area (Å²) in [6.45, 7) is 4.03. The molecule has 8 heteroatoms. The molecule has 8 nitrogen and oxygen atoms in total. The Morgan fingerprint density at radius 1 is 1.11 bits per heavy atom. The fourth-order valence-corrected chi connectivity index (χ4v) is 3.27. The first-order chi connectivity index (χ1) is 12.8. The lowest BCUT2D eigenvalue weighted by Gasteiger charge is -2.09. The summed E-state index contributed by atoms with van der Waals surface area (Å²) in [6, 6.07) is 0. The lowest BCUT2D eigenvalue weighted by Crippen LogP contribution is -2.23. The number of furan rings is 1. The molecule has 27 heavy (non-hydrogen) atoms. The molecule has 1 aliphatic carbocycles. The minimum Gasteiger partial charge on any atom is -0.462 e. The highest BCUT2D eigenvalue weighted by atomic mass is 16.5. The van der Waals surface area contributed by atoms with E-state index >= 15 is 0 Å². The Hall–Kier alpha value is -2.64. The Balaban J connectivity index is 2.01. The predicted octanol–water partition coefficient (Wildman–Crippen LogP) is 3.03. The number of rotatable bonds is 8. The van der Waals surface area contributed by atoms with Gasteiger partial charge in [0.25, 0.3) is 5.91 Å². The van der Waals surface area contributed by atoms with Crippen LogP contribution in [-0.4, -0.2) is 36.8 Å². The highest BCUT2D eigenvalue weighted by molar-refractivity contribution is 6.10. The second-order valence-electron chi connectivity index (χ2n) is 6.58. The molecule has 0 saturated heterocycles. The molecular weight excluding hydrogens is 354 g/mol. The molecule has 1 aromatic heterocycles. The van der Waals surface area contributed by atoms with Gasteiger partial charge in [0.05, 0.1) is 12.2 Å². The molecule has 1 aliphatic rings. The summed E-state index contributed by atoms with van der Waals surface area (Å²) >= 11 is 0. The number of aryl methyl sites for hydroxylation is 1. The fourth-order valence-electron chi connectivity index (χ4n) is 3.27. The van der Waals surface area contributed by atoms with Crippen LogP contribution in [0, 0.1) is 12.8 Å². The van der Waals surface area contributed by atoms with Crippen LogP contribution in [0.3, 0.4) is 0 Å². The van der Waals surface area contributed by atoms with Crippen molar-refractivity contribution in [1.82, 2.24) is 0 Å². The summed E-state index contributed by atoms with van der Waals surface area (Å²) in [5, 5.41) is 2.38. The Bertz CT molecular complexity index is 729. The van der Waals surface area contributed by atoms with Crippen LogP contribution in [-0.2, 0) is 19.1 Å². The molecule has 0 radical (unpaired) electrons. The van der Waals surface area contributed by atoms with Gasteiger partial charge in [0.15, 0.2) is 12.4 Å². The maximum Gasteiger partial charge on any atom is 0.344 e. The van der Waals surface area contributed by atoms with Gasteiger partial charge in [-0.15, -0.1) is 0 Å². The first kappa shape index (κ1) is 20.7.